The summed E-state index contributed by atoms with van der Waals surface area (Å²) in [6, 6.07) is 0. The summed E-state index contributed by atoms with van der Waals surface area (Å²) in [5.41, 5.74) is 0. The Bertz CT molecular complexity index is 1560. The first-order chi connectivity index (χ1) is 39.5. The molecule has 0 fully saturated rings. The fourth-order valence-corrected chi connectivity index (χ4v) is 9.67. The van der Waals surface area contributed by atoms with Crippen LogP contribution in [0.3, 0.4) is 0 Å². The number of carbonyl (C=O) groups is 3. The molecular formula is C74H128O6. The van der Waals surface area contributed by atoms with E-state index in [-0.39, 0.29) is 31.1 Å². The lowest BCUT2D eigenvalue weighted by Crippen LogP contribution is -2.30. The monoisotopic (exact) mass is 1110 g/mol. The molecule has 0 radical (unpaired) electrons. The molecule has 0 aromatic rings. The van der Waals surface area contributed by atoms with Crippen LogP contribution in [-0.4, -0.2) is 37.2 Å². The Morgan fingerprint density at radius 1 is 0.263 bits per heavy atom. The zero-order valence-corrected chi connectivity index (χ0v) is 52.8. The van der Waals surface area contributed by atoms with Crippen molar-refractivity contribution in [2.45, 2.75) is 341 Å². The maximum atomic E-state index is 12.9. The van der Waals surface area contributed by atoms with Crippen LogP contribution >= 0.6 is 0 Å². The Morgan fingerprint density at radius 3 is 0.800 bits per heavy atom. The summed E-state index contributed by atoms with van der Waals surface area (Å²) in [6.45, 7) is 6.52. The van der Waals surface area contributed by atoms with Crippen LogP contribution in [-0.2, 0) is 28.6 Å². The summed E-state index contributed by atoms with van der Waals surface area (Å²) in [5.74, 6) is -0.896. The number of rotatable bonds is 62. The molecule has 0 aromatic carbocycles. The molecule has 460 valence electrons. The molecule has 0 aromatic heterocycles. The minimum atomic E-state index is -0.789. The van der Waals surface area contributed by atoms with Crippen LogP contribution in [0, 0.1) is 0 Å². The second-order valence-corrected chi connectivity index (χ2v) is 22.7. The Hall–Kier alpha value is -3.67. The lowest BCUT2D eigenvalue weighted by atomic mass is 10.0. The van der Waals surface area contributed by atoms with E-state index in [0.717, 1.165) is 116 Å². The van der Waals surface area contributed by atoms with E-state index in [4.69, 9.17) is 14.2 Å². The van der Waals surface area contributed by atoms with E-state index in [1.807, 2.05) is 0 Å². The largest absolute Gasteiger partial charge is 0.462 e. The van der Waals surface area contributed by atoms with Crippen LogP contribution < -0.4 is 0 Å². The minimum Gasteiger partial charge on any atom is -0.462 e. The van der Waals surface area contributed by atoms with Crippen LogP contribution in [0.5, 0.6) is 0 Å². The molecule has 0 N–H and O–H groups in total. The standard InChI is InChI=1S/C74H128O6/c1-4-7-10-13-16-19-22-25-27-29-31-33-35-37-39-41-43-45-47-49-52-55-58-61-64-67-73(76)79-70-71(69-78-72(75)66-63-60-57-54-51-24-21-18-15-12-9-6-3)80-74(77)68-65-62-59-56-53-50-48-46-44-42-40-38-36-34-32-30-28-26-23-20-17-14-11-8-5-2/h7,10,16,18-19,21,25,27,30-33,37,39,43,45,71H,4-6,8-9,11-15,17,20,22-24,26,28-29,34-36,38,40-42,44,46-70H2,1-3H3/b10-7-,19-16-,21-18-,27-25-,32-30-,33-31-,39-37-,45-43-. The van der Waals surface area contributed by atoms with E-state index in [1.54, 1.807) is 0 Å². The van der Waals surface area contributed by atoms with Gasteiger partial charge in [-0.2, -0.15) is 0 Å². The molecule has 6 heteroatoms. The highest BCUT2D eigenvalue weighted by atomic mass is 16.6. The Balaban J connectivity index is 4.31. The van der Waals surface area contributed by atoms with Gasteiger partial charge in [0.15, 0.2) is 6.10 Å². The number of hydrogen-bond donors (Lipinski definition) is 0. The van der Waals surface area contributed by atoms with Crippen LogP contribution in [0.1, 0.15) is 335 Å². The molecule has 6 nitrogen and oxygen atoms in total. The van der Waals surface area contributed by atoms with Crippen molar-refractivity contribution in [3.05, 3.63) is 97.2 Å². The fourth-order valence-electron chi connectivity index (χ4n) is 9.67. The Labute approximate surface area is 496 Å². The number of allylic oxidation sites excluding steroid dienone is 16. The summed E-state index contributed by atoms with van der Waals surface area (Å²) >= 11 is 0. The van der Waals surface area contributed by atoms with Crippen molar-refractivity contribution >= 4 is 17.9 Å². The van der Waals surface area contributed by atoms with Gasteiger partial charge in [0.05, 0.1) is 0 Å². The van der Waals surface area contributed by atoms with Gasteiger partial charge in [-0.25, -0.2) is 0 Å². The third kappa shape index (κ3) is 65.1. The van der Waals surface area contributed by atoms with Gasteiger partial charge in [0.25, 0.3) is 0 Å². The number of carbonyl (C=O) groups excluding carboxylic acids is 3. The molecule has 0 saturated heterocycles. The van der Waals surface area contributed by atoms with E-state index < -0.39 is 6.10 Å². The predicted molar refractivity (Wildman–Crippen MR) is 348 cm³/mol. The normalized spacial score (nSPS) is 12.7. The predicted octanol–water partition coefficient (Wildman–Crippen LogP) is 23.6. The average Bonchev–Trinajstić information content (AvgIpc) is 3.46. The molecule has 1 atom stereocenters. The van der Waals surface area contributed by atoms with Gasteiger partial charge in [-0.1, -0.05) is 291 Å². The van der Waals surface area contributed by atoms with Crippen molar-refractivity contribution in [3.8, 4) is 0 Å². The van der Waals surface area contributed by atoms with Crippen LogP contribution in [0.15, 0.2) is 97.2 Å². The number of hydrogen-bond acceptors (Lipinski definition) is 6. The first-order valence-corrected chi connectivity index (χ1v) is 34.2. The average molecular weight is 1110 g/mol. The molecule has 0 bridgehead atoms. The Morgan fingerprint density at radius 2 is 0.487 bits per heavy atom. The van der Waals surface area contributed by atoms with Gasteiger partial charge in [0, 0.05) is 19.3 Å². The molecule has 0 amide bonds. The van der Waals surface area contributed by atoms with Crippen LogP contribution in [0.4, 0.5) is 0 Å². The van der Waals surface area contributed by atoms with Gasteiger partial charge in [-0.05, 0) is 122 Å². The Kier molecular flexibility index (Phi) is 64.7. The van der Waals surface area contributed by atoms with Gasteiger partial charge in [-0.15, -0.1) is 0 Å². The van der Waals surface area contributed by atoms with Gasteiger partial charge in [0.2, 0.25) is 0 Å². The summed E-state index contributed by atoms with van der Waals surface area (Å²) in [4.78, 5) is 38.4. The van der Waals surface area contributed by atoms with E-state index in [0.29, 0.717) is 19.3 Å². The minimum absolute atomic E-state index is 0.0852. The number of ether oxygens (including phenoxy) is 3. The molecule has 0 aliphatic carbocycles. The highest BCUT2D eigenvalue weighted by Crippen LogP contribution is 2.17. The fraction of sp³-hybridized carbons (Fsp3) is 0.743. The molecule has 0 saturated carbocycles. The summed E-state index contributed by atoms with van der Waals surface area (Å²) in [5, 5.41) is 0. The number of unbranched alkanes of at least 4 members (excludes halogenated alkanes) is 35. The third-order valence-corrected chi connectivity index (χ3v) is 14.8. The summed E-state index contributed by atoms with van der Waals surface area (Å²) in [7, 11) is 0. The SMILES string of the molecule is CC/C=C\C/C=C\C/C=C\C/C=C\C/C=C\C/C=C\CCCCCCCCC(=O)OCC(COC(=O)CCCCCCC/C=C\CCCCC)OC(=O)CCCCCCCCCCCCCCC/C=C\CCCCCCCCCC. The topological polar surface area (TPSA) is 78.9 Å². The van der Waals surface area contributed by atoms with Gasteiger partial charge in [0.1, 0.15) is 13.2 Å². The molecule has 0 rings (SSSR count). The molecule has 1 unspecified atom stereocenters. The summed E-state index contributed by atoms with van der Waals surface area (Å²) in [6.07, 6.45) is 91.4. The lowest BCUT2D eigenvalue weighted by molar-refractivity contribution is -0.167. The quantitative estimate of drug-likeness (QED) is 0.0261. The maximum Gasteiger partial charge on any atom is 0.306 e. The van der Waals surface area contributed by atoms with Crippen molar-refractivity contribution in [2.24, 2.45) is 0 Å². The smallest absolute Gasteiger partial charge is 0.306 e. The van der Waals surface area contributed by atoms with E-state index in [9.17, 15) is 14.4 Å². The first-order valence-electron chi connectivity index (χ1n) is 34.2. The molecule has 0 aliphatic rings. The van der Waals surface area contributed by atoms with Crippen LogP contribution in [0.25, 0.3) is 0 Å². The highest BCUT2D eigenvalue weighted by Gasteiger charge is 2.19. The molecule has 0 aliphatic heterocycles. The second kappa shape index (κ2) is 67.8. The van der Waals surface area contributed by atoms with Crippen molar-refractivity contribution in [1.29, 1.82) is 0 Å². The van der Waals surface area contributed by atoms with Gasteiger partial charge in [-0.3, -0.25) is 14.4 Å². The van der Waals surface area contributed by atoms with Crippen molar-refractivity contribution in [2.75, 3.05) is 13.2 Å². The highest BCUT2D eigenvalue weighted by molar-refractivity contribution is 5.71. The molecular weight excluding hydrogens is 985 g/mol. The maximum absolute atomic E-state index is 12.9. The van der Waals surface area contributed by atoms with Crippen molar-refractivity contribution in [1.82, 2.24) is 0 Å². The van der Waals surface area contributed by atoms with E-state index in [2.05, 4.69) is 118 Å². The first kappa shape index (κ1) is 76.3. The second-order valence-electron chi connectivity index (χ2n) is 22.7. The van der Waals surface area contributed by atoms with Crippen molar-refractivity contribution < 1.29 is 28.6 Å². The van der Waals surface area contributed by atoms with Crippen LogP contribution in [0.2, 0.25) is 0 Å². The molecule has 0 heterocycles. The summed E-state index contributed by atoms with van der Waals surface area (Å²) < 4.78 is 16.9. The lowest BCUT2D eigenvalue weighted by Gasteiger charge is -2.18. The van der Waals surface area contributed by atoms with E-state index >= 15 is 0 Å². The third-order valence-electron chi connectivity index (χ3n) is 14.8. The zero-order valence-electron chi connectivity index (χ0n) is 52.8. The zero-order chi connectivity index (χ0) is 57.8. The molecule has 80 heavy (non-hydrogen) atoms. The van der Waals surface area contributed by atoms with E-state index in [1.165, 1.54) is 180 Å². The van der Waals surface area contributed by atoms with Gasteiger partial charge < -0.3 is 14.2 Å². The van der Waals surface area contributed by atoms with Crippen molar-refractivity contribution in [3.63, 3.8) is 0 Å². The molecule has 0 spiro atoms. The van der Waals surface area contributed by atoms with Gasteiger partial charge >= 0.3 is 17.9 Å². The number of esters is 3.